The van der Waals surface area contributed by atoms with E-state index in [0.29, 0.717) is 5.69 Å². The molecule has 0 aliphatic carbocycles. The van der Waals surface area contributed by atoms with E-state index < -0.39 is 27.9 Å². The van der Waals surface area contributed by atoms with Crippen LogP contribution in [0.2, 0.25) is 0 Å². The minimum absolute atomic E-state index is 0.145. The molecule has 0 unspecified atom stereocenters. The van der Waals surface area contributed by atoms with Crippen molar-refractivity contribution < 1.29 is 23.1 Å². The highest BCUT2D eigenvalue weighted by atomic mass is 32.2. The Labute approximate surface area is 137 Å². The molecule has 23 heavy (non-hydrogen) atoms. The third-order valence-electron chi connectivity index (χ3n) is 2.84. The predicted molar refractivity (Wildman–Crippen MR) is 86.1 cm³/mol. The molecule has 7 nitrogen and oxygen atoms in total. The number of aliphatic carboxylic acids is 1. The van der Waals surface area contributed by atoms with E-state index in [-0.39, 0.29) is 9.77 Å². The molecular weight excluding hydrogens is 340 g/mol. The predicted octanol–water partition coefficient (Wildman–Crippen LogP) is 1.75. The maximum atomic E-state index is 12.1. The highest BCUT2D eigenvalue weighted by molar-refractivity contribution is 7.89. The summed E-state index contributed by atoms with van der Waals surface area (Å²) in [6.07, 6.45) is 0. The number of nitrogens with one attached hydrogen (secondary N) is 2. The molecule has 2 aromatic rings. The number of carboxylic acids is 1. The highest BCUT2D eigenvalue weighted by Gasteiger charge is 2.23. The number of rotatable bonds is 6. The van der Waals surface area contributed by atoms with Crippen LogP contribution in [0.1, 0.15) is 16.6 Å². The van der Waals surface area contributed by atoms with Gasteiger partial charge in [-0.2, -0.15) is 4.72 Å². The Morgan fingerprint density at radius 1 is 1.22 bits per heavy atom. The van der Waals surface area contributed by atoms with Crippen LogP contribution in [0.5, 0.6) is 0 Å². The lowest BCUT2D eigenvalue weighted by molar-refractivity contribution is -0.138. The average molecular weight is 354 g/mol. The number of hydrogen-bond acceptors (Lipinski definition) is 5. The number of amides is 1. The average Bonchev–Trinajstić information content (AvgIpc) is 2.98. The molecule has 0 bridgehead atoms. The van der Waals surface area contributed by atoms with Crippen molar-refractivity contribution in [2.24, 2.45) is 0 Å². The second kappa shape index (κ2) is 6.90. The first-order chi connectivity index (χ1) is 10.8. The molecule has 0 radical (unpaired) electrons. The van der Waals surface area contributed by atoms with Crippen molar-refractivity contribution in [2.75, 3.05) is 5.32 Å². The Bertz CT molecular complexity index is 815. The summed E-state index contributed by atoms with van der Waals surface area (Å²) in [5.74, 6) is -1.72. The zero-order chi connectivity index (χ0) is 17.0. The van der Waals surface area contributed by atoms with Crippen LogP contribution in [0, 0.1) is 0 Å². The van der Waals surface area contributed by atoms with Gasteiger partial charge in [-0.15, -0.1) is 11.3 Å². The number of hydrogen-bond donors (Lipinski definition) is 3. The van der Waals surface area contributed by atoms with Crippen LogP contribution < -0.4 is 10.0 Å². The van der Waals surface area contributed by atoms with Crippen molar-refractivity contribution in [3.63, 3.8) is 0 Å². The molecule has 9 heteroatoms. The summed E-state index contributed by atoms with van der Waals surface area (Å²) < 4.78 is 26.1. The van der Waals surface area contributed by atoms with Crippen LogP contribution in [0.4, 0.5) is 5.69 Å². The summed E-state index contributed by atoms with van der Waals surface area (Å²) in [5.41, 5.74) is 0.591. The van der Waals surface area contributed by atoms with Gasteiger partial charge in [0.1, 0.15) is 6.04 Å². The van der Waals surface area contributed by atoms with Gasteiger partial charge in [-0.05, 0) is 25.1 Å². The van der Waals surface area contributed by atoms with Gasteiger partial charge in [0.2, 0.25) is 10.0 Å². The Morgan fingerprint density at radius 2 is 1.87 bits per heavy atom. The lowest BCUT2D eigenvalue weighted by Gasteiger charge is -2.08. The largest absolute Gasteiger partial charge is 0.480 e. The first kappa shape index (κ1) is 17.1. The lowest BCUT2D eigenvalue weighted by Crippen LogP contribution is -2.38. The summed E-state index contributed by atoms with van der Waals surface area (Å²) in [5, 5.41) is 12.7. The summed E-state index contributed by atoms with van der Waals surface area (Å²) >= 11 is 0.961. The molecule has 122 valence electrons. The van der Waals surface area contributed by atoms with Crippen molar-refractivity contribution in [3.05, 3.63) is 46.7 Å². The number of thiophene rings is 1. The van der Waals surface area contributed by atoms with Crippen molar-refractivity contribution >= 4 is 38.9 Å². The van der Waals surface area contributed by atoms with Gasteiger partial charge in [-0.25, -0.2) is 8.42 Å². The van der Waals surface area contributed by atoms with Crippen LogP contribution in [0.3, 0.4) is 0 Å². The van der Waals surface area contributed by atoms with Crippen LogP contribution in [-0.4, -0.2) is 31.4 Å². The number of para-hydroxylation sites is 1. The Morgan fingerprint density at radius 3 is 2.48 bits per heavy atom. The standard InChI is InChI=1S/C14H14N2O5S2/c1-9(14(18)19)16-23(20,21)11-7-12(22-8-11)13(17)15-10-5-3-2-4-6-10/h2-9,16H,1H3,(H,15,17)(H,18,19)/t9-/m1/s1. The number of sulfonamides is 1. The zero-order valence-corrected chi connectivity index (χ0v) is 13.6. The first-order valence-electron chi connectivity index (χ1n) is 6.49. The van der Waals surface area contributed by atoms with Crippen LogP contribution in [0.15, 0.2) is 46.7 Å². The topological polar surface area (TPSA) is 113 Å². The quantitative estimate of drug-likeness (QED) is 0.731. The van der Waals surface area contributed by atoms with Crippen molar-refractivity contribution in [2.45, 2.75) is 17.9 Å². The molecule has 1 amide bonds. The van der Waals surface area contributed by atoms with E-state index in [4.69, 9.17) is 5.11 Å². The number of benzene rings is 1. The molecule has 1 atom stereocenters. The highest BCUT2D eigenvalue weighted by Crippen LogP contribution is 2.21. The molecule has 0 spiro atoms. The Balaban J connectivity index is 2.14. The lowest BCUT2D eigenvalue weighted by atomic mass is 10.3. The summed E-state index contributed by atoms with van der Waals surface area (Å²) in [4.78, 5) is 22.9. The fourth-order valence-corrected chi connectivity index (χ4v) is 4.01. The SMILES string of the molecule is C[C@@H](NS(=O)(=O)c1csc(C(=O)Nc2ccccc2)c1)C(=O)O. The van der Waals surface area contributed by atoms with Gasteiger partial charge < -0.3 is 10.4 Å². The third kappa shape index (κ3) is 4.38. The zero-order valence-electron chi connectivity index (χ0n) is 12.0. The second-order valence-corrected chi connectivity index (χ2v) is 7.27. The van der Waals surface area contributed by atoms with Crippen LogP contribution in [-0.2, 0) is 14.8 Å². The molecule has 3 N–H and O–H groups in total. The van der Waals surface area contributed by atoms with Crippen molar-refractivity contribution in [3.8, 4) is 0 Å². The third-order valence-corrected chi connectivity index (χ3v) is 5.44. The Hall–Kier alpha value is -2.23. The van der Waals surface area contributed by atoms with Gasteiger partial charge >= 0.3 is 5.97 Å². The second-order valence-electron chi connectivity index (χ2n) is 4.65. The van der Waals surface area contributed by atoms with E-state index in [1.807, 2.05) is 4.72 Å². The van der Waals surface area contributed by atoms with E-state index in [1.54, 1.807) is 30.3 Å². The van der Waals surface area contributed by atoms with E-state index in [9.17, 15) is 18.0 Å². The molecule has 1 aromatic carbocycles. The smallest absolute Gasteiger partial charge is 0.321 e. The maximum Gasteiger partial charge on any atom is 0.321 e. The van der Waals surface area contributed by atoms with Crippen molar-refractivity contribution in [1.29, 1.82) is 0 Å². The van der Waals surface area contributed by atoms with Gasteiger partial charge in [-0.1, -0.05) is 18.2 Å². The molecular formula is C14H14N2O5S2. The van der Waals surface area contributed by atoms with Crippen LogP contribution in [0.25, 0.3) is 0 Å². The van der Waals surface area contributed by atoms with E-state index in [0.717, 1.165) is 11.3 Å². The molecule has 0 aliphatic rings. The molecule has 1 heterocycles. The normalized spacial score (nSPS) is 12.6. The van der Waals surface area contributed by atoms with Gasteiger partial charge in [0.25, 0.3) is 5.91 Å². The monoisotopic (exact) mass is 354 g/mol. The van der Waals surface area contributed by atoms with E-state index >= 15 is 0 Å². The number of carbonyl (C=O) groups is 2. The summed E-state index contributed by atoms with van der Waals surface area (Å²) in [7, 11) is -3.99. The minimum atomic E-state index is -3.99. The number of carboxylic acid groups (broad SMARTS) is 1. The molecule has 2 rings (SSSR count). The summed E-state index contributed by atoms with van der Waals surface area (Å²) in [6, 6.07) is 8.69. The first-order valence-corrected chi connectivity index (χ1v) is 8.86. The Kier molecular flexibility index (Phi) is 5.14. The molecule has 0 aliphatic heterocycles. The minimum Gasteiger partial charge on any atom is -0.480 e. The van der Waals surface area contributed by atoms with Gasteiger partial charge in [0, 0.05) is 11.1 Å². The maximum absolute atomic E-state index is 12.1. The van der Waals surface area contributed by atoms with E-state index in [2.05, 4.69) is 5.32 Å². The van der Waals surface area contributed by atoms with Gasteiger partial charge in [0.05, 0.1) is 9.77 Å². The van der Waals surface area contributed by atoms with Gasteiger partial charge in [0.15, 0.2) is 0 Å². The number of carbonyl (C=O) groups excluding carboxylic acids is 1. The molecule has 0 saturated heterocycles. The van der Waals surface area contributed by atoms with Gasteiger partial charge in [-0.3, -0.25) is 9.59 Å². The fraction of sp³-hybridized carbons (Fsp3) is 0.143. The summed E-state index contributed by atoms with van der Waals surface area (Å²) in [6.45, 7) is 1.22. The molecule has 0 fully saturated rings. The van der Waals surface area contributed by atoms with Crippen molar-refractivity contribution in [1.82, 2.24) is 4.72 Å². The van der Waals surface area contributed by atoms with Crippen LogP contribution >= 0.6 is 11.3 Å². The number of anilines is 1. The van der Waals surface area contributed by atoms with E-state index in [1.165, 1.54) is 18.4 Å². The molecule has 0 saturated carbocycles. The fourth-order valence-electron chi connectivity index (χ4n) is 1.64. The molecule has 1 aromatic heterocycles.